The Bertz CT molecular complexity index is 1120. The number of carbonyl (C=O) groups is 1. The average molecular weight is 416 g/mol. The van der Waals surface area contributed by atoms with Gasteiger partial charge >= 0.3 is 0 Å². The average Bonchev–Trinajstić information content (AvgIpc) is 3.15. The maximum atomic E-state index is 13.8. The summed E-state index contributed by atoms with van der Waals surface area (Å²) in [7, 11) is -3.81. The number of carbonyl (C=O) groups excluding carboxylic acids is 1. The highest BCUT2D eigenvalue weighted by Crippen LogP contribution is 2.25. The molecule has 0 aliphatic carbocycles. The van der Waals surface area contributed by atoms with Crippen LogP contribution >= 0.6 is 0 Å². The first kappa shape index (κ1) is 20.8. The summed E-state index contributed by atoms with van der Waals surface area (Å²) in [6.45, 7) is 1.75. The van der Waals surface area contributed by atoms with E-state index in [2.05, 4.69) is 5.32 Å². The quantitative estimate of drug-likeness (QED) is 0.615. The zero-order chi connectivity index (χ0) is 21.0. The molecule has 29 heavy (non-hydrogen) atoms. The summed E-state index contributed by atoms with van der Waals surface area (Å²) in [4.78, 5) is 12.3. The van der Waals surface area contributed by atoms with Gasteiger partial charge < -0.3 is 9.73 Å². The molecule has 0 saturated carbocycles. The second kappa shape index (κ2) is 8.59. The number of amides is 1. The van der Waals surface area contributed by atoms with E-state index in [0.29, 0.717) is 29.1 Å². The highest BCUT2D eigenvalue weighted by Gasteiger charge is 2.15. The zero-order valence-corrected chi connectivity index (χ0v) is 16.6. The number of sulfonamides is 1. The van der Waals surface area contributed by atoms with Crippen molar-refractivity contribution in [2.75, 3.05) is 0 Å². The first-order valence-corrected chi connectivity index (χ1v) is 10.5. The van der Waals surface area contributed by atoms with Gasteiger partial charge in [-0.1, -0.05) is 24.3 Å². The number of primary sulfonamides is 1. The SMILES string of the molecule is CC(NC(=O)CCc1ccc(-c2ccccc2F)o1)c1cccc(S(N)(=O)=O)c1. The van der Waals surface area contributed by atoms with Crippen LogP contribution in [0.1, 0.15) is 30.7 Å². The Labute approximate surface area is 168 Å². The maximum Gasteiger partial charge on any atom is 0.238 e. The van der Waals surface area contributed by atoms with Crippen LogP contribution < -0.4 is 10.5 Å². The molecular weight excluding hydrogens is 395 g/mol. The first-order chi connectivity index (χ1) is 13.7. The van der Waals surface area contributed by atoms with Crippen molar-refractivity contribution in [1.29, 1.82) is 0 Å². The van der Waals surface area contributed by atoms with Gasteiger partial charge in [0.1, 0.15) is 17.3 Å². The molecule has 0 aliphatic rings. The van der Waals surface area contributed by atoms with Gasteiger partial charge in [0.25, 0.3) is 0 Å². The van der Waals surface area contributed by atoms with Crippen LogP contribution in [0.2, 0.25) is 0 Å². The Morgan fingerprint density at radius 1 is 1.14 bits per heavy atom. The maximum absolute atomic E-state index is 13.8. The molecule has 0 spiro atoms. The Morgan fingerprint density at radius 3 is 2.62 bits per heavy atom. The molecule has 0 radical (unpaired) electrons. The molecular formula is C21H21FN2O4S. The van der Waals surface area contributed by atoms with Crippen molar-refractivity contribution in [3.05, 3.63) is 77.8 Å². The third-order valence-electron chi connectivity index (χ3n) is 4.46. The van der Waals surface area contributed by atoms with Gasteiger partial charge in [-0.05, 0) is 48.9 Å². The fraction of sp³-hybridized carbons (Fsp3) is 0.190. The predicted octanol–water partition coefficient (Wildman–Crippen LogP) is 3.54. The fourth-order valence-electron chi connectivity index (χ4n) is 2.91. The molecule has 152 valence electrons. The van der Waals surface area contributed by atoms with E-state index in [4.69, 9.17) is 9.56 Å². The van der Waals surface area contributed by atoms with Crippen LogP contribution in [0.4, 0.5) is 4.39 Å². The number of halogens is 1. The van der Waals surface area contributed by atoms with E-state index in [-0.39, 0.29) is 23.0 Å². The number of furan rings is 1. The van der Waals surface area contributed by atoms with Crippen molar-refractivity contribution < 1.29 is 22.0 Å². The minimum Gasteiger partial charge on any atom is -0.461 e. The van der Waals surface area contributed by atoms with E-state index in [1.807, 2.05) is 0 Å². The van der Waals surface area contributed by atoms with E-state index >= 15 is 0 Å². The summed E-state index contributed by atoms with van der Waals surface area (Å²) in [6, 6.07) is 15.4. The number of aryl methyl sites for hydroxylation is 1. The summed E-state index contributed by atoms with van der Waals surface area (Å²) in [5, 5.41) is 7.96. The standard InChI is InChI=1S/C21H21FN2O4S/c1-14(15-5-4-6-17(13-15)29(23,26)27)24-21(25)12-10-16-9-11-20(28-16)18-7-2-3-8-19(18)22/h2-9,11,13-14H,10,12H2,1H3,(H,24,25)(H2,23,26,27). The lowest BCUT2D eigenvalue weighted by Crippen LogP contribution is -2.27. The van der Waals surface area contributed by atoms with Gasteiger partial charge in [-0.25, -0.2) is 17.9 Å². The molecule has 1 unspecified atom stereocenters. The third kappa shape index (κ3) is 5.30. The Kier molecular flexibility index (Phi) is 6.14. The minimum atomic E-state index is -3.81. The van der Waals surface area contributed by atoms with Crippen LogP contribution in [0.3, 0.4) is 0 Å². The molecule has 3 aromatic rings. The number of hydrogen-bond acceptors (Lipinski definition) is 4. The third-order valence-corrected chi connectivity index (χ3v) is 5.37. The van der Waals surface area contributed by atoms with E-state index in [1.165, 1.54) is 18.2 Å². The van der Waals surface area contributed by atoms with Crippen LogP contribution in [0.25, 0.3) is 11.3 Å². The molecule has 0 bridgehead atoms. The van der Waals surface area contributed by atoms with Gasteiger partial charge in [0, 0.05) is 12.8 Å². The smallest absolute Gasteiger partial charge is 0.238 e. The molecule has 6 nitrogen and oxygen atoms in total. The van der Waals surface area contributed by atoms with Crippen LogP contribution in [-0.4, -0.2) is 14.3 Å². The number of rotatable bonds is 7. The van der Waals surface area contributed by atoms with Gasteiger partial charge in [0.05, 0.1) is 16.5 Å². The molecule has 0 fully saturated rings. The number of nitrogens with two attached hydrogens (primary N) is 1. The molecule has 1 amide bonds. The summed E-state index contributed by atoms with van der Waals surface area (Å²) in [5.41, 5.74) is 0.997. The lowest BCUT2D eigenvalue weighted by Gasteiger charge is -2.15. The van der Waals surface area contributed by atoms with E-state index in [0.717, 1.165) is 0 Å². The van der Waals surface area contributed by atoms with Crippen molar-refractivity contribution in [3.63, 3.8) is 0 Å². The van der Waals surface area contributed by atoms with Crippen molar-refractivity contribution in [2.24, 2.45) is 5.14 Å². The van der Waals surface area contributed by atoms with Gasteiger partial charge in [0.15, 0.2) is 0 Å². The van der Waals surface area contributed by atoms with Gasteiger partial charge in [-0.15, -0.1) is 0 Å². The first-order valence-electron chi connectivity index (χ1n) is 9.00. The predicted molar refractivity (Wildman–Crippen MR) is 107 cm³/mol. The van der Waals surface area contributed by atoms with Crippen molar-refractivity contribution in [2.45, 2.75) is 30.7 Å². The summed E-state index contributed by atoms with van der Waals surface area (Å²) in [6.07, 6.45) is 0.521. The van der Waals surface area contributed by atoms with E-state index < -0.39 is 16.1 Å². The summed E-state index contributed by atoms with van der Waals surface area (Å²) >= 11 is 0. The molecule has 2 aromatic carbocycles. The van der Waals surface area contributed by atoms with Crippen molar-refractivity contribution in [1.82, 2.24) is 5.32 Å². The second-order valence-corrected chi connectivity index (χ2v) is 8.21. The molecule has 1 atom stereocenters. The normalized spacial score (nSPS) is 12.5. The number of hydrogen-bond donors (Lipinski definition) is 2. The van der Waals surface area contributed by atoms with Crippen LogP contribution in [-0.2, 0) is 21.2 Å². The number of nitrogens with one attached hydrogen (secondary N) is 1. The second-order valence-electron chi connectivity index (χ2n) is 6.65. The Morgan fingerprint density at radius 2 is 1.90 bits per heavy atom. The van der Waals surface area contributed by atoms with Crippen molar-refractivity contribution >= 4 is 15.9 Å². The van der Waals surface area contributed by atoms with Crippen molar-refractivity contribution in [3.8, 4) is 11.3 Å². The van der Waals surface area contributed by atoms with E-state index in [1.54, 1.807) is 49.4 Å². The molecule has 8 heteroatoms. The Hall–Kier alpha value is -2.97. The van der Waals surface area contributed by atoms with Crippen LogP contribution in [0, 0.1) is 5.82 Å². The highest BCUT2D eigenvalue weighted by molar-refractivity contribution is 7.89. The van der Waals surface area contributed by atoms with Gasteiger partial charge in [-0.3, -0.25) is 4.79 Å². The lowest BCUT2D eigenvalue weighted by atomic mass is 10.1. The minimum absolute atomic E-state index is 0.00708. The Balaban J connectivity index is 1.59. The highest BCUT2D eigenvalue weighted by atomic mass is 32.2. The van der Waals surface area contributed by atoms with Gasteiger partial charge in [0.2, 0.25) is 15.9 Å². The fourth-order valence-corrected chi connectivity index (χ4v) is 3.48. The molecule has 3 N–H and O–H groups in total. The lowest BCUT2D eigenvalue weighted by molar-refractivity contribution is -0.121. The van der Waals surface area contributed by atoms with Gasteiger partial charge in [-0.2, -0.15) is 0 Å². The topological polar surface area (TPSA) is 102 Å². The summed E-state index contributed by atoms with van der Waals surface area (Å²) < 4.78 is 42.4. The van der Waals surface area contributed by atoms with Crippen LogP contribution in [0.5, 0.6) is 0 Å². The molecule has 0 aliphatic heterocycles. The van der Waals surface area contributed by atoms with Crippen LogP contribution in [0.15, 0.2) is 70.0 Å². The molecule has 0 saturated heterocycles. The molecule has 1 aromatic heterocycles. The molecule has 1 heterocycles. The molecule has 3 rings (SSSR count). The van der Waals surface area contributed by atoms with E-state index in [9.17, 15) is 17.6 Å². The number of benzene rings is 2. The zero-order valence-electron chi connectivity index (χ0n) is 15.8. The summed E-state index contributed by atoms with van der Waals surface area (Å²) in [5.74, 6) is 0.387. The largest absolute Gasteiger partial charge is 0.461 e. The monoisotopic (exact) mass is 416 g/mol.